The molecule has 0 atom stereocenters. The van der Waals surface area contributed by atoms with Crippen LogP contribution in [-0.2, 0) is 21.2 Å². The lowest BCUT2D eigenvalue weighted by Crippen LogP contribution is -2.38. The van der Waals surface area contributed by atoms with Gasteiger partial charge in [0.15, 0.2) is 4.34 Å². The second-order valence-electron chi connectivity index (χ2n) is 6.20. The summed E-state index contributed by atoms with van der Waals surface area (Å²) in [5, 5.41) is 10.9. The first kappa shape index (κ1) is 22.3. The maximum absolute atomic E-state index is 13.3. The molecule has 0 saturated carbocycles. The molecule has 0 aliphatic heterocycles. The van der Waals surface area contributed by atoms with Crippen molar-refractivity contribution >= 4 is 49.8 Å². The summed E-state index contributed by atoms with van der Waals surface area (Å²) in [6.07, 6.45) is 0.835. The van der Waals surface area contributed by atoms with Crippen LogP contribution in [0.5, 0.6) is 0 Å². The Balaban J connectivity index is 1.87. The lowest BCUT2D eigenvalue weighted by Gasteiger charge is -2.24. The predicted molar refractivity (Wildman–Crippen MR) is 122 cm³/mol. The molecule has 0 bridgehead atoms. The molecule has 158 valence electrons. The van der Waals surface area contributed by atoms with Gasteiger partial charge < -0.3 is 0 Å². The third-order valence-corrected chi connectivity index (χ3v) is 7.81. The number of nitrogens with zero attached hydrogens (tertiary/aromatic N) is 3. The van der Waals surface area contributed by atoms with E-state index in [0.717, 1.165) is 26.4 Å². The van der Waals surface area contributed by atoms with Crippen molar-refractivity contribution in [3.05, 3.63) is 60.2 Å². The number of anilines is 2. The highest BCUT2D eigenvalue weighted by molar-refractivity contribution is 8.01. The fourth-order valence-corrected chi connectivity index (χ4v) is 5.77. The summed E-state index contributed by atoms with van der Waals surface area (Å²) in [6, 6.07) is 15.2. The first-order chi connectivity index (χ1) is 14.4. The lowest BCUT2D eigenvalue weighted by molar-refractivity contribution is -0.114. The van der Waals surface area contributed by atoms with Crippen LogP contribution in [-0.4, -0.2) is 36.8 Å². The van der Waals surface area contributed by atoms with Gasteiger partial charge in [0, 0.05) is 0 Å². The quantitative estimate of drug-likeness (QED) is 0.381. The van der Waals surface area contributed by atoms with Crippen LogP contribution in [0.15, 0.2) is 63.8 Å². The second-order valence-corrected chi connectivity index (χ2v) is 10.6. The maximum Gasteiger partial charge on any atom is 0.264 e. The largest absolute Gasteiger partial charge is 0.299 e. The number of aryl methyl sites for hydroxylation is 1. The SMILES string of the molecule is CCSc1nnc(NC(=O)CN(c2ccc(CC)cc2)S(=O)(=O)c2ccccc2)s1. The number of rotatable bonds is 9. The number of hydrogen-bond donors (Lipinski definition) is 1. The van der Waals surface area contributed by atoms with Gasteiger partial charge in [-0.2, -0.15) is 0 Å². The van der Waals surface area contributed by atoms with E-state index in [4.69, 9.17) is 0 Å². The van der Waals surface area contributed by atoms with Crippen molar-refractivity contribution < 1.29 is 13.2 Å². The summed E-state index contributed by atoms with van der Waals surface area (Å²) in [4.78, 5) is 12.8. The topological polar surface area (TPSA) is 92.3 Å². The van der Waals surface area contributed by atoms with Crippen molar-refractivity contribution in [2.45, 2.75) is 29.5 Å². The number of carbonyl (C=O) groups excluding carboxylic acids is 1. The van der Waals surface area contributed by atoms with Gasteiger partial charge in [0.1, 0.15) is 6.54 Å². The van der Waals surface area contributed by atoms with Crippen molar-refractivity contribution in [3.8, 4) is 0 Å². The molecule has 3 rings (SSSR count). The molecule has 0 unspecified atom stereocenters. The van der Waals surface area contributed by atoms with Crippen LogP contribution in [0.3, 0.4) is 0 Å². The Morgan fingerprint density at radius 2 is 1.77 bits per heavy atom. The zero-order chi connectivity index (χ0) is 21.6. The molecule has 3 aromatic rings. The van der Waals surface area contributed by atoms with Crippen molar-refractivity contribution in [1.82, 2.24) is 10.2 Å². The van der Waals surface area contributed by atoms with Crippen LogP contribution in [0.2, 0.25) is 0 Å². The Bertz CT molecular complexity index is 1080. The Hall–Kier alpha value is -2.43. The predicted octanol–water partition coefficient (Wildman–Crippen LogP) is 4.05. The van der Waals surface area contributed by atoms with Gasteiger partial charge in [-0.3, -0.25) is 14.4 Å². The van der Waals surface area contributed by atoms with Crippen LogP contribution in [0.25, 0.3) is 0 Å². The molecule has 1 heterocycles. The van der Waals surface area contributed by atoms with Crippen LogP contribution >= 0.6 is 23.1 Å². The molecule has 0 radical (unpaired) electrons. The monoisotopic (exact) mass is 462 g/mol. The molecule has 30 heavy (non-hydrogen) atoms. The lowest BCUT2D eigenvalue weighted by atomic mass is 10.1. The standard InChI is InChI=1S/C20H22N4O3S3/c1-3-15-10-12-16(13-11-15)24(30(26,27)17-8-6-5-7-9-17)14-18(25)21-19-22-23-20(29-19)28-4-2/h5-13H,3-4,14H2,1-2H3,(H,21,22,25). The first-order valence-electron chi connectivity index (χ1n) is 9.37. The molecule has 0 fully saturated rings. The minimum absolute atomic E-state index is 0.120. The summed E-state index contributed by atoms with van der Waals surface area (Å²) in [5.41, 5.74) is 1.50. The number of hydrogen-bond acceptors (Lipinski definition) is 7. The van der Waals surface area contributed by atoms with E-state index in [0.29, 0.717) is 10.8 Å². The summed E-state index contributed by atoms with van der Waals surface area (Å²) in [7, 11) is -3.93. The van der Waals surface area contributed by atoms with E-state index in [1.165, 1.54) is 35.2 Å². The van der Waals surface area contributed by atoms with Gasteiger partial charge >= 0.3 is 0 Å². The van der Waals surface area contributed by atoms with Gasteiger partial charge in [0.2, 0.25) is 11.0 Å². The first-order valence-corrected chi connectivity index (χ1v) is 12.6. The van der Waals surface area contributed by atoms with Crippen molar-refractivity contribution in [2.24, 2.45) is 0 Å². The molecule has 1 aromatic heterocycles. The minimum atomic E-state index is -3.93. The summed E-state index contributed by atoms with van der Waals surface area (Å²) < 4.78 is 28.4. The van der Waals surface area contributed by atoms with Crippen molar-refractivity contribution in [2.75, 3.05) is 21.9 Å². The molecule has 7 nitrogen and oxygen atoms in total. The highest BCUT2D eigenvalue weighted by Crippen LogP contribution is 2.26. The molecule has 1 amide bonds. The highest BCUT2D eigenvalue weighted by atomic mass is 32.2. The zero-order valence-corrected chi connectivity index (χ0v) is 19.1. The molecule has 1 N–H and O–H groups in total. The third-order valence-electron chi connectivity index (χ3n) is 4.17. The molecular formula is C20H22N4O3S3. The summed E-state index contributed by atoms with van der Waals surface area (Å²) in [6.45, 7) is 3.65. The van der Waals surface area contributed by atoms with E-state index in [1.54, 1.807) is 30.3 Å². The maximum atomic E-state index is 13.3. The zero-order valence-electron chi connectivity index (χ0n) is 16.6. The molecule has 0 spiro atoms. The molecule has 0 aliphatic carbocycles. The fourth-order valence-electron chi connectivity index (χ4n) is 2.66. The average Bonchev–Trinajstić information content (AvgIpc) is 3.19. The van der Waals surface area contributed by atoms with Gasteiger partial charge in [0.05, 0.1) is 10.6 Å². The average molecular weight is 463 g/mol. The van der Waals surface area contributed by atoms with Crippen LogP contribution in [0, 0.1) is 0 Å². The molecule has 2 aromatic carbocycles. The number of nitrogens with one attached hydrogen (secondary N) is 1. The Morgan fingerprint density at radius 3 is 2.40 bits per heavy atom. The minimum Gasteiger partial charge on any atom is -0.299 e. The second kappa shape index (κ2) is 10.1. The van der Waals surface area contributed by atoms with Crippen LogP contribution < -0.4 is 9.62 Å². The van der Waals surface area contributed by atoms with Crippen molar-refractivity contribution in [3.63, 3.8) is 0 Å². The number of amides is 1. The number of carbonyl (C=O) groups is 1. The Morgan fingerprint density at radius 1 is 1.07 bits per heavy atom. The van der Waals surface area contributed by atoms with Gasteiger partial charge in [-0.25, -0.2) is 8.42 Å². The summed E-state index contributed by atoms with van der Waals surface area (Å²) >= 11 is 2.78. The number of thioether (sulfide) groups is 1. The van der Waals surface area contributed by atoms with Crippen LogP contribution in [0.4, 0.5) is 10.8 Å². The van der Waals surface area contributed by atoms with Crippen molar-refractivity contribution in [1.29, 1.82) is 0 Å². The summed E-state index contributed by atoms with van der Waals surface area (Å²) in [5.74, 6) is 0.359. The van der Waals surface area contributed by atoms with E-state index >= 15 is 0 Å². The number of benzene rings is 2. The van der Waals surface area contributed by atoms with Crippen LogP contribution in [0.1, 0.15) is 19.4 Å². The highest BCUT2D eigenvalue weighted by Gasteiger charge is 2.27. The Kier molecular flexibility index (Phi) is 7.46. The van der Waals surface area contributed by atoms with E-state index < -0.39 is 15.9 Å². The molecule has 0 aliphatic rings. The number of aromatic nitrogens is 2. The Labute approximate surface area is 184 Å². The number of sulfonamides is 1. The van der Waals surface area contributed by atoms with E-state index in [2.05, 4.69) is 15.5 Å². The van der Waals surface area contributed by atoms with E-state index in [1.807, 2.05) is 26.0 Å². The molecular weight excluding hydrogens is 440 g/mol. The van der Waals surface area contributed by atoms with E-state index in [9.17, 15) is 13.2 Å². The van der Waals surface area contributed by atoms with Gasteiger partial charge in [-0.05, 0) is 42.0 Å². The van der Waals surface area contributed by atoms with E-state index in [-0.39, 0.29) is 11.4 Å². The molecule has 0 saturated heterocycles. The van der Waals surface area contributed by atoms with Gasteiger partial charge in [0.25, 0.3) is 10.0 Å². The normalized spacial score (nSPS) is 11.3. The smallest absolute Gasteiger partial charge is 0.264 e. The van der Waals surface area contributed by atoms with Gasteiger partial charge in [-0.1, -0.05) is 67.3 Å². The third kappa shape index (κ3) is 5.38. The molecule has 10 heteroatoms. The van der Waals surface area contributed by atoms with Gasteiger partial charge in [-0.15, -0.1) is 10.2 Å². The fraction of sp³-hybridized carbons (Fsp3) is 0.250.